The van der Waals surface area contributed by atoms with Crippen LogP contribution in [-0.2, 0) is 16.1 Å². The minimum absolute atomic E-state index is 0.164. The van der Waals surface area contributed by atoms with Crippen LogP contribution in [0.4, 0.5) is 10.1 Å². The summed E-state index contributed by atoms with van der Waals surface area (Å²) in [6.07, 6.45) is 2.25. The average Bonchev–Trinajstić information content (AvgIpc) is 2.83. The van der Waals surface area contributed by atoms with Gasteiger partial charge in [-0.1, -0.05) is 24.3 Å². The van der Waals surface area contributed by atoms with Crippen LogP contribution in [0.15, 0.2) is 48.5 Å². The van der Waals surface area contributed by atoms with E-state index >= 15 is 0 Å². The van der Waals surface area contributed by atoms with E-state index in [1.165, 1.54) is 13.2 Å². The van der Waals surface area contributed by atoms with Crippen LogP contribution < -0.4 is 4.90 Å². The molecule has 2 heterocycles. The molecule has 7 heteroatoms. The molecule has 6 nitrogen and oxygen atoms in total. The summed E-state index contributed by atoms with van der Waals surface area (Å²) in [4.78, 5) is 18.9. The van der Waals surface area contributed by atoms with Gasteiger partial charge in [-0.3, -0.25) is 14.6 Å². The number of phenolic OH excluding ortho intramolecular Hbond substituents is 1. The minimum Gasteiger partial charge on any atom is -0.508 e. The molecule has 0 spiro atoms. The Hall–Kier alpha value is -2.64. The Morgan fingerprint density at radius 3 is 2.61 bits per heavy atom. The number of para-hydroxylation sites is 1. The van der Waals surface area contributed by atoms with E-state index in [0.717, 1.165) is 64.2 Å². The number of hydrogen-bond acceptors (Lipinski definition) is 6. The monoisotopic (exact) mass is 455 g/mol. The van der Waals surface area contributed by atoms with E-state index in [1.807, 2.05) is 30.3 Å². The van der Waals surface area contributed by atoms with Crippen LogP contribution in [-0.4, -0.2) is 73.3 Å². The molecule has 2 aliphatic rings. The fraction of sp³-hybridized carbons (Fsp3) is 0.500. The number of nitrogens with zero attached hydrogens (tertiary/aromatic N) is 3. The van der Waals surface area contributed by atoms with E-state index in [0.29, 0.717) is 24.1 Å². The highest BCUT2D eigenvalue weighted by atomic mass is 19.1. The molecule has 2 fully saturated rings. The van der Waals surface area contributed by atoms with Gasteiger partial charge in [0, 0.05) is 51.7 Å². The normalized spacial score (nSPS) is 22.3. The Balaban J connectivity index is 1.39. The number of benzene rings is 2. The molecule has 0 radical (unpaired) electrons. The zero-order valence-corrected chi connectivity index (χ0v) is 19.3. The number of anilines is 1. The number of methoxy groups -OCH3 is 1. The Kier molecular flexibility index (Phi) is 7.83. The van der Waals surface area contributed by atoms with Gasteiger partial charge in [0.1, 0.15) is 11.6 Å². The molecule has 0 bridgehead atoms. The molecule has 1 N–H and O–H groups in total. The minimum atomic E-state index is -0.165. The number of carbonyl (C=O) groups is 1. The molecule has 2 atom stereocenters. The van der Waals surface area contributed by atoms with Crippen LogP contribution in [0.1, 0.15) is 24.8 Å². The lowest BCUT2D eigenvalue weighted by Gasteiger charge is -2.47. The van der Waals surface area contributed by atoms with Crippen molar-refractivity contribution in [1.29, 1.82) is 0 Å². The van der Waals surface area contributed by atoms with Crippen molar-refractivity contribution in [3.05, 3.63) is 59.9 Å². The van der Waals surface area contributed by atoms with E-state index in [9.17, 15) is 14.3 Å². The molecule has 0 amide bonds. The molecule has 2 saturated heterocycles. The molecular formula is C26H34FN3O3. The predicted molar refractivity (Wildman–Crippen MR) is 127 cm³/mol. The topological polar surface area (TPSA) is 56.2 Å². The first-order valence-corrected chi connectivity index (χ1v) is 11.8. The molecular weight excluding hydrogens is 421 g/mol. The molecule has 0 aliphatic carbocycles. The SMILES string of the molecule is COC(=O)CC[C@H]1CN(Cc2cccc(O)c2)CC[C@H]1N1CCN(c2ccccc2F)CC1. The molecule has 33 heavy (non-hydrogen) atoms. The van der Waals surface area contributed by atoms with Gasteiger partial charge in [0.15, 0.2) is 0 Å². The van der Waals surface area contributed by atoms with Gasteiger partial charge in [-0.15, -0.1) is 0 Å². The quantitative estimate of drug-likeness (QED) is 0.645. The zero-order valence-electron chi connectivity index (χ0n) is 19.3. The number of phenols is 1. The maximum atomic E-state index is 14.2. The van der Waals surface area contributed by atoms with Gasteiger partial charge in [-0.25, -0.2) is 4.39 Å². The summed E-state index contributed by atoms with van der Waals surface area (Å²) < 4.78 is 19.1. The summed E-state index contributed by atoms with van der Waals surface area (Å²) in [5.41, 5.74) is 1.78. The number of ether oxygens (including phenoxy) is 1. The van der Waals surface area contributed by atoms with Crippen LogP contribution >= 0.6 is 0 Å². The fourth-order valence-corrected chi connectivity index (χ4v) is 5.32. The van der Waals surface area contributed by atoms with Crippen molar-refractivity contribution in [2.24, 2.45) is 5.92 Å². The Morgan fingerprint density at radius 2 is 1.88 bits per heavy atom. The van der Waals surface area contributed by atoms with Gasteiger partial charge < -0.3 is 14.7 Å². The average molecular weight is 456 g/mol. The maximum absolute atomic E-state index is 14.2. The van der Waals surface area contributed by atoms with E-state index in [2.05, 4.69) is 14.7 Å². The van der Waals surface area contributed by atoms with Gasteiger partial charge in [0.2, 0.25) is 0 Å². The standard InChI is InChI=1S/C26H34FN3O3/c1-33-26(32)10-9-21-19-28(18-20-5-4-6-22(31)17-20)12-11-24(21)29-13-15-30(16-14-29)25-8-3-2-7-23(25)27/h2-8,17,21,24,31H,9-16,18-19H2,1H3/t21-,24+/m0/s1. The van der Waals surface area contributed by atoms with Crippen molar-refractivity contribution in [1.82, 2.24) is 9.80 Å². The largest absolute Gasteiger partial charge is 0.508 e. The number of piperidine rings is 1. The molecule has 2 aliphatic heterocycles. The first kappa shape index (κ1) is 23.5. The lowest BCUT2D eigenvalue weighted by Crippen LogP contribution is -2.56. The number of piperazine rings is 1. The number of esters is 1. The lowest BCUT2D eigenvalue weighted by molar-refractivity contribution is -0.141. The van der Waals surface area contributed by atoms with Crippen molar-refractivity contribution in [2.75, 3.05) is 51.3 Å². The van der Waals surface area contributed by atoms with Crippen molar-refractivity contribution >= 4 is 11.7 Å². The summed E-state index contributed by atoms with van der Waals surface area (Å²) in [6.45, 7) is 6.05. The number of hydrogen-bond donors (Lipinski definition) is 1. The van der Waals surface area contributed by atoms with Crippen molar-refractivity contribution < 1.29 is 19.0 Å². The van der Waals surface area contributed by atoms with Gasteiger partial charge in [0.05, 0.1) is 12.8 Å². The van der Waals surface area contributed by atoms with Gasteiger partial charge in [0.25, 0.3) is 0 Å². The van der Waals surface area contributed by atoms with E-state index < -0.39 is 0 Å². The molecule has 2 aromatic carbocycles. The van der Waals surface area contributed by atoms with Gasteiger partial charge in [-0.2, -0.15) is 0 Å². The van der Waals surface area contributed by atoms with Crippen LogP contribution in [0.3, 0.4) is 0 Å². The predicted octanol–water partition coefficient (Wildman–Crippen LogP) is 3.50. The Morgan fingerprint density at radius 1 is 1.09 bits per heavy atom. The van der Waals surface area contributed by atoms with Gasteiger partial charge >= 0.3 is 5.97 Å². The number of carbonyl (C=O) groups excluding carboxylic acids is 1. The van der Waals surface area contributed by atoms with E-state index in [-0.39, 0.29) is 17.5 Å². The van der Waals surface area contributed by atoms with Gasteiger partial charge in [-0.05, 0) is 55.1 Å². The number of rotatable bonds is 7. The van der Waals surface area contributed by atoms with E-state index in [1.54, 1.807) is 12.1 Å². The van der Waals surface area contributed by atoms with Crippen molar-refractivity contribution in [2.45, 2.75) is 31.8 Å². The third-order valence-electron chi connectivity index (χ3n) is 7.02. The highest BCUT2D eigenvalue weighted by Crippen LogP contribution is 2.30. The van der Waals surface area contributed by atoms with Crippen LogP contribution in [0, 0.1) is 11.7 Å². The summed E-state index contributed by atoms with van der Waals surface area (Å²) in [5, 5.41) is 9.80. The summed E-state index contributed by atoms with van der Waals surface area (Å²) in [6, 6.07) is 14.8. The van der Waals surface area contributed by atoms with Crippen LogP contribution in [0.25, 0.3) is 0 Å². The number of aromatic hydroxyl groups is 1. The molecule has 178 valence electrons. The first-order chi connectivity index (χ1) is 16.0. The Bertz CT molecular complexity index is 933. The molecule has 0 saturated carbocycles. The summed E-state index contributed by atoms with van der Waals surface area (Å²) in [7, 11) is 1.44. The fourth-order valence-electron chi connectivity index (χ4n) is 5.32. The van der Waals surface area contributed by atoms with Crippen LogP contribution in [0.2, 0.25) is 0 Å². The van der Waals surface area contributed by atoms with Crippen molar-refractivity contribution in [3.8, 4) is 5.75 Å². The Labute approximate surface area is 195 Å². The molecule has 2 aromatic rings. The highest BCUT2D eigenvalue weighted by Gasteiger charge is 2.35. The third-order valence-corrected chi connectivity index (χ3v) is 7.02. The number of likely N-dealkylation sites (tertiary alicyclic amines) is 1. The summed E-state index contributed by atoms with van der Waals surface area (Å²) >= 11 is 0. The molecule has 0 aromatic heterocycles. The smallest absolute Gasteiger partial charge is 0.305 e. The lowest BCUT2D eigenvalue weighted by atomic mass is 9.86. The third kappa shape index (κ3) is 6.03. The second kappa shape index (κ2) is 11.0. The molecule has 0 unspecified atom stereocenters. The second-order valence-electron chi connectivity index (χ2n) is 9.11. The summed E-state index contributed by atoms with van der Waals surface area (Å²) in [5.74, 6) is 0.318. The van der Waals surface area contributed by atoms with E-state index in [4.69, 9.17) is 4.74 Å². The first-order valence-electron chi connectivity index (χ1n) is 11.8. The van der Waals surface area contributed by atoms with Crippen LogP contribution in [0.5, 0.6) is 5.75 Å². The van der Waals surface area contributed by atoms with Crippen molar-refractivity contribution in [3.63, 3.8) is 0 Å². The second-order valence-corrected chi connectivity index (χ2v) is 9.11. The maximum Gasteiger partial charge on any atom is 0.305 e. The zero-order chi connectivity index (χ0) is 23.2. The number of halogens is 1. The molecule has 4 rings (SSSR count). The highest BCUT2D eigenvalue weighted by molar-refractivity contribution is 5.69.